The van der Waals surface area contributed by atoms with E-state index < -0.39 is 0 Å². The molecule has 0 radical (unpaired) electrons. The zero-order chi connectivity index (χ0) is 9.97. The van der Waals surface area contributed by atoms with Gasteiger partial charge in [-0.15, -0.1) is 0 Å². The summed E-state index contributed by atoms with van der Waals surface area (Å²) in [5, 5.41) is 9.42. The molecule has 0 amide bonds. The molecule has 0 saturated carbocycles. The van der Waals surface area contributed by atoms with Crippen LogP contribution in [-0.2, 0) is 0 Å². The number of aliphatic hydroxyl groups is 1. The van der Waals surface area contributed by atoms with Gasteiger partial charge in [-0.25, -0.2) is 0 Å². The number of likely N-dealkylation sites (tertiary alicyclic amines) is 1. The standard InChI is InChI=1S/C12H19NO/c1-10-4-2-3-5-11(10)8-13-7-6-12(14)9-13/h4-5,12,14H,2-3,6-9H2,1H3. The third kappa shape index (κ3) is 2.25. The lowest BCUT2D eigenvalue weighted by Gasteiger charge is -2.20. The Morgan fingerprint density at radius 1 is 1.43 bits per heavy atom. The van der Waals surface area contributed by atoms with E-state index in [0.29, 0.717) is 0 Å². The number of aliphatic hydroxyl groups excluding tert-OH is 1. The maximum atomic E-state index is 9.42. The molecule has 1 aliphatic heterocycles. The van der Waals surface area contributed by atoms with Crippen molar-refractivity contribution in [1.29, 1.82) is 0 Å². The number of hydrogen-bond donors (Lipinski definition) is 1. The second-order valence-electron chi connectivity index (χ2n) is 4.37. The van der Waals surface area contributed by atoms with Gasteiger partial charge in [0.05, 0.1) is 6.10 Å². The van der Waals surface area contributed by atoms with Gasteiger partial charge in [0.2, 0.25) is 0 Å². The number of β-amino-alcohol motifs (C(OH)–C–C–N with tert-alkyl or cyclic N) is 1. The van der Waals surface area contributed by atoms with Gasteiger partial charge in [0.15, 0.2) is 0 Å². The fourth-order valence-corrected chi connectivity index (χ4v) is 2.24. The predicted octanol–water partition coefficient (Wildman–Crippen LogP) is 1.72. The zero-order valence-electron chi connectivity index (χ0n) is 8.87. The van der Waals surface area contributed by atoms with Crippen molar-refractivity contribution in [3.05, 3.63) is 23.3 Å². The monoisotopic (exact) mass is 193 g/mol. The van der Waals surface area contributed by atoms with Crippen molar-refractivity contribution in [3.8, 4) is 0 Å². The van der Waals surface area contributed by atoms with Crippen LogP contribution in [0.25, 0.3) is 0 Å². The molecule has 0 aromatic carbocycles. The first-order valence-electron chi connectivity index (χ1n) is 5.52. The first-order chi connectivity index (χ1) is 6.75. The molecule has 1 aliphatic carbocycles. The molecule has 1 saturated heterocycles. The minimum Gasteiger partial charge on any atom is -0.392 e. The van der Waals surface area contributed by atoms with Gasteiger partial charge in [-0.1, -0.05) is 17.7 Å². The average Bonchev–Trinajstić information content (AvgIpc) is 2.56. The number of hydrogen-bond acceptors (Lipinski definition) is 2. The summed E-state index contributed by atoms with van der Waals surface area (Å²) in [5.41, 5.74) is 2.89. The van der Waals surface area contributed by atoms with Gasteiger partial charge in [-0.3, -0.25) is 4.90 Å². The maximum Gasteiger partial charge on any atom is 0.0679 e. The second kappa shape index (κ2) is 4.28. The highest BCUT2D eigenvalue weighted by Gasteiger charge is 2.21. The molecule has 2 heteroatoms. The van der Waals surface area contributed by atoms with Crippen LogP contribution in [0.15, 0.2) is 23.3 Å². The van der Waals surface area contributed by atoms with Crippen LogP contribution in [0.2, 0.25) is 0 Å². The van der Waals surface area contributed by atoms with Crippen molar-refractivity contribution in [2.75, 3.05) is 19.6 Å². The molecule has 2 aliphatic rings. The molecule has 78 valence electrons. The van der Waals surface area contributed by atoms with E-state index in [1.807, 2.05) is 0 Å². The summed E-state index contributed by atoms with van der Waals surface area (Å²) in [6, 6.07) is 0. The third-order valence-corrected chi connectivity index (χ3v) is 3.16. The molecule has 1 N–H and O–H groups in total. The molecule has 1 atom stereocenters. The van der Waals surface area contributed by atoms with Crippen molar-refractivity contribution < 1.29 is 5.11 Å². The normalized spacial score (nSPS) is 28.9. The van der Waals surface area contributed by atoms with Crippen molar-refractivity contribution in [2.24, 2.45) is 0 Å². The topological polar surface area (TPSA) is 23.5 Å². The Balaban J connectivity index is 1.91. The summed E-state index contributed by atoms with van der Waals surface area (Å²) >= 11 is 0. The first kappa shape index (κ1) is 9.94. The van der Waals surface area contributed by atoms with Crippen LogP contribution in [0, 0.1) is 0 Å². The van der Waals surface area contributed by atoms with E-state index in [-0.39, 0.29) is 6.10 Å². The lowest BCUT2D eigenvalue weighted by atomic mass is 9.99. The van der Waals surface area contributed by atoms with E-state index in [1.165, 1.54) is 24.0 Å². The Bertz CT molecular complexity index is 267. The van der Waals surface area contributed by atoms with E-state index >= 15 is 0 Å². The maximum absolute atomic E-state index is 9.42. The average molecular weight is 193 g/mol. The van der Waals surface area contributed by atoms with Gasteiger partial charge in [-0.2, -0.15) is 0 Å². The van der Waals surface area contributed by atoms with E-state index in [9.17, 15) is 5.11 Å². The Morgan fingerprint density at radius 2 is 2.21 bits per heavy atom. The summed E-state index contributed by atoms with van der Waals surface area (Å²) in [6.07, 6.45) is 7.89. The minimum atomic E-state index is -0.0940. The fraction of sp³-hybridized carbons (Fsp3) is 0.667. The summed E-state index contributed by atoms with van der Waals surface area (Å²) in [6.45, 7) is 5.12. The molecule has 2 rings (SSSR count). The van der Waals surface area contributed by atoms with Crippen LogP contribution < -0.4 is 0 Å². The molecule has 14 heavy (non-hydrogen) atoms. The van der Waals surface area contributed by atoms with Gasteiger partial charge in [-0.05, 0) is 31.8 Å². The van der Waals surface area contributed by atoms with Crippen LogP contribution in [0.4, 0.5) is 0 Å². The largest absolute Gasteiger partial charge is 0.392 e. The van der Waals surface area contributed by atoms with Gasteiger partial charge < -0.3 is 5.11 Å². The Labute approximate surface area is 85.9 Å². The van der Waals surface area contributed by atoms with Crippen molar-refractivity contribution in [3.63, 3.8) is 0 Å². The molecular formula is C12H19NO. The number of rotatable bonds is 2. The van der Waals surface area contributed by atoms with Crippen LogP contribution in [-0.4, -0.2) is 35.7 Å². The van der Waals surface area contributed by atoms with E-state index in [1.54, 1.807) is 0 Å². The van der Waals surface area contributed by atoms with Crippen LogP contribution in [0.3, 0.4) is 0 Å². The minimum absolute atomic E-state index is 0.0940. The summed E-state index contributed by atoms with van der Waals surface area (Å²) in [4.78, 5) is 2.35. The van der Waals surface area contributed by atoms with Crippen LogP contribution >= 0.6 is 0 Å². The Hall–Kier alpha value is -0.600. The molecule has 0 bridgehead atoms. The SMILES string of the molecule is CC1=CCCC=C1CN1CCC(O)C1. The van der Waals surface area contributed by atoms with Gasteiger partial charge in [0.25, 0.3) is 0 Å². The van der Waals surface area contributed by atoms with Crippen molar-refractivity contribution in [1.82, 2.24) is 4.90 Å². The molecule has 1 fully saturated rings. The Morgan fingerprint density at radius 3 is 2.86 bits per heavy atom. The lowest BCUT2D eigenvalue weighted by molar-refractivity contribution is 0.179. The Kier molecular flexibility index (Phi) is 3.04. The van der Waals surface area contributed by atoms with Crippen LogP contribution in [0.5, 0.6) is 0 Å². The molecular weight excluding hydrogens is 174 g/mol. The quantitative estimate of drug-likeness (QED) is 0.722. The first-order valence-corrected chi connectivity index (χ1v) is 5.52. The molecule has 2 nitrogen and oxygen atoms in total. The van der Waals surface area contributed by atoms with Crippen molar-refractivity contribution in [2.45, 2.75) is 32.3 Å². The highest BCUT2D eigenvalue weighted by molar-refractivity contribution is 5.33. The summed E-state index contributed by atoms with van der Waals surface area (Å²) in [7, 11) is 0. The molecule has 1 heterocycles. The molecule has 1 unspecified atom stereocenters. The van der Waals surface area contributed by atoms with E-state index in [0.717, 1.165) is 26.1 Å². The summed E-state index contributed by atoms with van der Waals surface area (Å²) in [5.74, 6) is 0. The van der Waals surface area contributed by atoms with E-state index in [4.69, 9.17) is 0 Å². The predicted molar refractivity (Wildman–Crippen MR) is 58.1 cm³/mol. The molecule has 0 aromatic rings. The highest BCUT2D eigenvalue weighted by Crippen LogP contribution is 2.20. The highest BCUT2D eigenvalue weighted by atomic mass is 16.3. The van der Waals surface area contributed by atoms with Crippen molar-refractivity contribution >= 4 is 0 Å². The lowest BCUT2D eigenvalue weighted by Crippen LogP contribution is -2.25. The number of allylic oxidation sites excluding steroid dienone is 2. The van der Waals surface area contributed by atoms with Gasteiger partial charge in [0.1, 0.15) is 0 Å². The van der Waals surface area contributed by atoms with Gasteiger partial charge in [0, 0.05) is 19.6 Å². The number of nitrogens with zero attached hydrogens (tertiary/aromatic N) is 1. The van der Waals surface area contributed by atoms with Gasteiger partial charge >= 0.3 is 0 Å². The summed E-state index contributed by atoms with van der Waals surface area (Å²) < 4.78 is 0. The fourth-order valence-electron chi connectivity index (χ4n) is 2.24. The second-order valence-corrected chi connectivity index (χ2v) is 4.37. The molecule has 0 spiro atoms. The molecule has 0 aromatic heterocycles. The zero-order valence-corrected chi connectivity index (χ0v) is 8.87. The van der Waals surface area contributed by atoms with Crippen LogP contribution in [0.1, 0.15) is 26.2 Å². The third-order valence-electron chi connectivity index (χ3n) is 3.16. The van der Waals surface area contributed by atoms with E-state index in [2.05, 4.69) is 24.0 Å². The smallest absolute Gasteiger partial charge is 0.0679 e.